The van der Waals surface area contributed by atoms with Crippen molar-refractivity contribution in [2.45, 2.75) is 31.3 Å². The highest BCUT2D eigenvalue weighted by Gasteiger charge is 2.31. The lowest BCUT2D eigenvalue weighted by Crippen LogP contribution is -2.45. The second kappa shape index (κ2) is 5.84. The van der Waals surface area contributed by atoms with Crippen molar-refractivity contribution in [3.63, 3.8) is 0 Å². The molecule has 2 aliphatic rings. The van der Waals surface area contributed by atoms with Crippen LogP contribution in [0.3, 0.4) is 0 Å². The van der Waals surface area contributed by atoms with Gasteiger partial charge in [-0.1, -0.05) is 24.3 Å². The predicted octanol–water partition coefficient (Wildman–Crippen LogP) is 1.88. The highest BCUT2D eigenvalue weighted by Crippen LogP contribution is 2.31. The summed E-state index contributed by atoms with van der Waals surface area (Å²) in [4.78, 5) is 4.96. The molecule has 3 unspecified atom stereocenters. The van der Waals surface area contributed by atoms with Crippen LogP contribution < -0.4 is 5.73 Å². The van der Waals surface area contributed by atoms with Gasteiger partial charge < -0.3 is 15.5 Å². The first kappa shape index (κ1) is 14.1. The Kier molecular flexibility index (Phi) is 4.11. The summed E-state index contributed by atoms with van der Waals surface area (Å²) in [6.45, 7) is 3.67. The summed E-state index contributed by atoms with van der Waals surface area (Å²) in [6, 6.07) is 9.36. The van der Waals surface area contributed by atoms with Gasteiger partial charge in [-0.05, 0) is 56.9 Å². The van der Waals surface area contributed by atoms with E-state index in [1.54, 1.807) is 0 Å². The van der Waals surface area contributed by atoms with E-state index in [4.69, 9.17) is 5.73 Å². The van der Waals surface area contributed by atoms with Gasteiger partial charge in [-0.2, -0.15) is 0 Å². The molecule has 3 rings (SSSR count). The molecule has 2 N–H and O–H groups in total. The second-order valence-corrected chi connectivity index (χ2v) is 6.69. The molecule has 0 spiro atoms. The number of hydrogen-bond acceptors (Lipinski definition) is 3. The third-order valence-electron chi connectivity index (χ3n) is 5.14. The van der Waals surface area contributed by atoms with Gasteiger partial charge in [-0.15, -0.1) is 0 Å². The van der Waals surface area contributed by atoms with Crippen LogP contribution in [0.15, 0.2) is 24.3 Å². The van der Waals surface area contributed by atoms with Crippen LogP contribution in [0, 0.1) is 5.92 Å². The van der Waals surface area contributed by atoms with Gasteiger partial charge in [0.05, 0.1) is 0 Å². The normalized spacial score (nSPS) is 30.7. The molecule has 1 saturated heterocycles. The topological polar surface area (TPSA) is 32.5 Å². The van der Waals surface area contributed by atoms with Gasteiger partial charge in [0.15, 0.2) is 0 Å². The molecule has 0 amide bonds. The van der Waals surface area contributed by atoms with Crippen molar-refractivity contribution in [3.8, 4) is 0 Å². The largest absolute Gasteiger partial charge is 0.323 e. The van der Waals surface area contributed by atoms with Gasteiger partial charge in [0, 0.05) is 25.2 Å². The molecule has 1 aromatic carbocycles. The quantitative estimate of drug-likeness (QED) is 0.913. The Morgan fingerprint density at radius 2 is 2.10 bits per heavy atom. The Hall–Kier alpha value is -0.900. The molecule has 1 fully saturated rings. The minimum Gasteiger partial charge on any atom is -0.323 e. The van der Waals surface area contributed by atoms with Gasteiger partial charge >= 0.3 is 0 Å². The van der Waals surface area contributed by atoms with Crippen LogP contribution in [0.5, 0.6) is 0 Å². The first-order valence-corrected chi connectivity index (χ1v) is 7.87. The monoisotopic (exact) mass is 273 g/mol. The number of likely N-dealkylation sites (tertiary alicyclic amines) is 1. The minimum absolute atomic E-state index is 0.170. The molecule has 1 aromatic rings. The maximum absolute atomic E-state index is 6.54. The van der Waals surface area contributed by atoms with Crippen molar-refractivity contribution >= 4 is 0 Å². The molecule has 3 atom stereocenters. The number of hydrogen-bond donors (Lipinski definition) is 1. The van der Waals surface area contributed by atoms with E-state index in [-0.39, 0.29) is 6.04 Å². The fourth-order valence-electron chi connectivity index (χ4n) is 3.99. The molecule has 3 heteroatoms. The molecular formula is C17H27N3. The predicted molar refractivity (Wildman–Crippen MR) is 83.7 cm³/mol. The Bertz CT molecular complexity index is 459. The van der Waals surface area contributed by atoms with E-state index in [1.807, 2.05) is 0 Å². The maximum Gasteiger partial charge on any atom is 0.0455 e. The Morgan fingerprint density at radius 1 is 1.30 bits per heavy atom. The molecule has 0 aromatic heterocycles. The average Bonchev–Trinajstić information content (AvgIpc) is 2.84. The molecule has 3 nitrogen and oxygen atoms in total. The number of nitrogens with two attached hydrogens (primary N) is 1. The van der Waals surface area contributed by atoms with Crippen molar-refractivity contribution in [2.75, 3.05) is 33.7 Å². The zero-order valence-corrected chi connectivity index (χ0v) is 12.8. The van der Waals surface area contributed by atoms with Crippen molar-refractivity contribution in [3.05, 3.63) is 35.4 Å². The molecule has 20 heavy (non-hydrogen) atoms. The van der Waals surface area contributed by atoms with E-state index in [9.17, 15) is 0 Å². The number of rotatable bonds is 3. The van der Waals surface area contributed by atoms with Gasteiger partial charge in [0.1, 0.15) is 0 Å². The van der Waals surface area contributed by atoms with Crippen molar-refractivity contribution in [2.24, 2.45) is 11.7 Å². The first-order valence-electron chi connectivity index (χ1n) is 7.87. The molecule has 1 heterocycles. The molecule has 0 radical (unpaired) electrons. The lowest BCUT2D eigenvalue weighted by atomic mass is 9.83. The Labute approximate surface area is 122 Å². The van der Waals surface area contributed by atoms with Crippen molar-refractivity contribution in [1.29, 1.82) is 0 Å². The van der Waals surface area contributed by atoms with Crippen LogP contribution in [0.2, 0.25) is 0 Å². The summed E-state index contributed by atoms with van der Waals surface area (Å²) >= 11 is 0. The fraction of sp³-hybridized carbons (Fsp3) is 0.647. The highest BCUT2D eigenvalue weighted by atomic mass is 15.2. The summed E-state index contributed by atoms with van der Waals surface area (Å²) in [5.74, 6) is 0.814. The fourth-order valence-corrected chi connectivity index (χ4v) is 3.99. The summed E-state index contributed by atoms with van der Waals surface area (Å²) in [6.07, 6.45) is 3.69. The minimum atomic E-state index is 0.170. The lowest BCUT2D eigenvalue weighted by molar-refractivity contribution is 0.166. The molecule has 0 bridgehead atoms. The molecule has 1 aliphatic carbocycles. The van der Waals surface area contributed by atoms with Crippen molar-refractivity contribution in [1.82, 2.24) is 9.80 Å². The van der Waals surface area contributed by atoms with E-state index in [1.165, 1.54) is 50.0 Å². The Balaban J connectivity index is 1.66. The average molecular weight is 273 g/mol. The zero-order chi connectivity index (χ0) is 14.1. The van der Waals surface area contributed by atoms with E-state index in [0.717, 1.165) is 5.92 Å². The number of fused-ring (bicyclic) bond motifs is 1. The molecule has 1 aliphatic heterocycles. The summed E-state index contributed by atoms with van der Waals surface area (Å²) in [5, 5.41) is 0. The van der Waals surface area contributed by atoms with Gasteiger partial charge in [-0.3, -0.25) is 0 Å². The van der Waals surface area contributed by atoms with E-state index in [0.29, 0.717) is 6.04 Å². The molecule has 0 saturated carbocycles. The zero-order valence-electron chi connectivity index (χ0n) is 12.8. The van der Waals surface area contributed by atoms with E-state index < -0.39 is 0 Å². The summed E-state index contributed by atoms with van der Waals surface area (Å²) in [7, 11) is 4.49. The summed E-state index contributed by atoms with van der Waals surface area (Å²) in [5.41, 5.74) is 9.35. The third-order valence-corrected chi connectivity index (χ3v) is 5.14. The molecular weight excluding hydrogens is 246 g/mol. The lowest BCUT2D eigenvalue weighted by Gasteiger charge is -2.38. The van der Waals surface area contributed by atoms with Crippen LogP contribution in [-0.4, -0.2) is 49.6 Å². The smallest absolute Gasteiger partial charge is 0.0455 e. The number of aryl methyl sites for hydroxylation is 1. The SMILES string of the molecule is CN1CCC(CN(C)C2CCc3ccccc3C2N)C1. The highest BCUT2D eigenvalue weighted by molar-refractivity contribution is 5.33. The standard InChI is InChI=1S/C17H27N3/c1-19-10-9-13(11-19)12-20(2)16-8-7-14-5-3-4-6-15(14)17(16)18/h3-6,13,16-17H,7-12,18H2,1-2H3. The van der Waals surface area contributed by atoms with E-state index >= 15 is 0 Å². The van der Waals surface area contributed by atoms with Crippen LogP contribution in [-0.2, 0) is 6.42 Å². The first-order chi connectivity index (χ1) is 9.65. The maximum atomic E-state index is 6.54. The van der Waals surface area contributed by atoms with Gasteiger partial charge in [0.25, 0.3) is 0 Å². The van der Waals surface area contributed by atoms with Crippen LogP contribution in [0.1, 0.15) is 30.0 Å². The van der Waals surface area contributed by atoms with E-state index in [2.05, 4.69) is 48.2 Å². The van der Waals surface area contributed by atoms with Crippen LogP contribution in [0.25, 0.3) is 0 Å². The number of benzene rings is 1. The van der Waals surface area contributed by atoms with Gasteiger partial charge in [0.2, 0.25) is 0 Å². The number of likely N-dealkylation sites (N-methyl/N-ethyl adjacent to an activating group) is 1. The van der Waals surface area contributed by atoms with Crippen LogP contribution in [0.4, 0.5) is 0 Å². The second-order valence-electron chi connectivity index (χ2n) is 6.69. The third kappa shape index (κ3) is 2.76. The Morgan fingerprint density at radius 3 is 2.85 bits per heavy atom. The van der Waals surface area contributed by atoms with Crippen molar-refractivity contribution < 1.29 is 0 Å². The molecule has 110 valence electrons. The summed E-state index contributed by atoms with van der Waals surface area (Å²) < 4.78 is 0. The van der Waals surface area contributed by atoms with Gasteiger partial charge in [-0.25, -0.2) is 0 Å². The van der Waals surface area contributed by atoms with Crippen LogP contribution >= 0.6 is 0 Å². The number of nitrogens with zero attached hydrogens (tertiary/aromatic N) is 2.